The summed E-state index contributed by atoms with van der Waals surface area (Å²) in [6.07, 6.45) is 1.46. The van der Waals surface area contributed by atoms with Gasteiger partial charge in [0.1, 0.15) is 0 Å². The Morgan fingerprint density at radius 3 is 2.60 bits per heavy atom. The molecule has 1 saturated carbocycles. The number of carbonyl (C=O) groups is 2. The first-order valence-electron chi connectivity index (χ1n) is 5.06. The molecule has 1 aliphatic carbocycles. The molecule has 15 heavy (non-hydrogen) atoms. The summed E-state index contributed by atoms with van der Waals surface area (Å²) in [6.45, 7) is 5.84. The van der Waals surface area contributed by atoms with Gasteiger partial charge in [0.2, 0.25) is 0 Å². The van der Waals surface area contributed by atoms with E-state index in [1.807, 2.05) is 20.8 Å². The Bertz CT molecular complexity index is 325. The van der Waals surface area contributed by atoms with Gasteiger partial charge in [0.25, 0.3) is 0 Å². The molecule has 0 aromatic rings. The van der Waals surface area contributed by atoms with Crippen LogP contribution in [0.1, 0.15) is 33.6 Å². The molecule has 2 bridgehead atoms. The first kappa shape index (κ1) is 11.4. The van der Waals surface area contributed by atoms with Crippen molar-refractivity contribution in [2.75, 3.05) is 0 Å². The van der Waals surface area contributed by atoms with Crippen LogP contribution in [0.15, 0.2) is 0 Å². The molecule has 2 fully saturated rings. The second-order valence-electron chi connectivity index (χ2n) is 5.04. The monoisotopic (exact) mass is 406 g/mol. The van der Waals surface area contributed by atoms with Crippen LogP contribution in [0.4, 0.5) is 0 Å². The molecule has 2 rings (SSSR count). The summed E-state index contributed by atoms with van der Waals surface area (Å²) in [5.74, 6) is -0.451. The van der Waals surface area contributed by atoms with Gasteiger partial charge in [0, 0.05) is 0 Å². The molecule has 2 aliphatic rings. The van der Waals surface area contributed by atoms with Crippen LogP contribution in [0.25, 0.3) is 0 Å². The third-order valence-electron chi connectivity index (χ3n) is 4.24. The number of fused-ring (bicyclic) bond motifs is 2. The Morgan fingerprint density at radius 1 is 1.27 bits per heavy atom. The molecule has 82 valence electrons. The maximum atomic E-state index is 11.9. The molecule has 5 heteroatoms. The second-order valence-corrected chi connectivity index (χ2v) is 7.27. The molecule has 1 saturated heterocycles. The van der Waals surface area contributed by atoms with Gasteiger partial charge in [0.15, 0.2) is 0 Å². The fourth-order valence-corrected chi connectivity index (χ4v) is 4.77. The molecular formula is C10H14O4Pb. The quantitative estimate of drug-likeness (QED) is 0.566. The molecular weight excluding hydrogens is 391 g/mol. The molecule has 0 N–H and O–H groups in total. The van der Waals surface area contributed by atoms with Gasteiger partial charge in [-0.15, -0.1) is 0 Å². The van der Waals surface area contributed by atoms with Crippen LogP contribution in [0, 0.1) is 16.7 Å². The van der Waals surface area contributed by atoms with E-state index < -0.39 is 30.6 Å². The van der Waals surface area contributed by atoms with Crippen molar-refractivity contribution in [1.82, 2.24) is 0 Å². The first-order chi connectivity index (χ1) is 6.89. The van der Waals surface area contributed by atoms with E-state index in [1.165, 1.54) is 0 Å². The van der Waals surface area contributed by atoms with Crippen LogP contribution in [0.3, 0.4) is 0 Å². The van der Waals surface area contributed by atoms with Crippen molar-refractivity contribution in [3.8, 4) is 0 Å². The summed E-state index contributed by atoms with van der Waals surface area (Å²) >= 11 is -1.94. The van der Waals surface area contributed by atoms with Crippen molar-refractivity contribution < 1.29 is 15.0 Å². The maximum absolute atomic E-state index is 11.9. The van der Waals surface area contributed by atoms with Crippen molar-refractivity contribution >= 4 is 37.1 Å². The Kier molecular flexibility index (Phi) is 2.59. The van der Waals surface area contributed by atoms with Crippen LogP contribution in [-0.4, -0.2) is 37.1 Å². The van der Waals surface area contributed by atoms with Gasteiger partial charge < -0.3 is 0 Å². The van der Waals surface area contributed by atoms with Gasteiger partial charge in [-0.1, -0.05) is 0 Å². The van der Waals surface area contributed by atoms with E-state index >= 15 is 0 Å². The van der Waals surface area contributed by atoms with Crippen molar-refractivity contribution in [3.05, 3.63) is 0 Å². The number of carbonyl (C=O) groups excluding carboxylic acids is 2. The standard InChI is InChI=1S/C10H16O4.Pb/c1-9(2)6(7(11)12)4-5-10(9,3)8(13)14;/h6H,4-5H2,1-3H3,(H,11,12)(H,13,14);/q;+2/p-2. The minimum atomic E-state index is -1.94. The van der Waals surface area contributed by atoms with Gasteiger partial charge in [-0.05, 0) is 0 Å². The van der Waals surface area contributed by atoms with Gasteiger partial charge in [0.05, 0.1) is 0 Å². The molecule has 0 aromatic carbocycles. The normalized spacial score (nSPS) is 39.0. The Morgan fingerprint density at radius 2 is 1.93 bits per heavy atom. The second kappa shape index (κ2) is 3.43. The van der Waals surface area contributed by atoms with E-state index in [-0.39, 0.29) is 23.3 Å². The molecule has 2 atom stereocenters. The molecule has 1 heterocycles. The number of hydrogen-bond acceptors (Lipinski definition) is 4. The summed E-state index contributed by atoms with van der Waals surface area (Å²) in [7, 11) is 0. The average molecular weight is 405 g/mol. The predicted octanol–water partition coefficient (Wildman–Crippen LogP) is 1.06. The molecule has 2 unspecified atom stereocenters. The molecule has 0 spiro atoms. The third kappa shape index (κ3) is 1.44. The van der Waals surface area contributed by atoms with E-state index in [2.05, 4.69) is 0 Å². The summed E-state index contributed by atoms with van der Waals surface area (Å²) in [5.41, 5.74) is -0.866. The van der Waals surface area contributed by atoms with Crippen molar-refractivity contribution in [1.29, 1.82) is 0 Å². The fourth-order valence-electron chi connectivity index (χ4n) is 2.56. The average Bonchev–Trinajstić information content (AvgIpc) is 2.40. The Balaban J connectivity index is 2.44. The van der Waals surface area contributed by atoms with E-state index in [0.717, 1.165) is 12.8 Å². The summed E-state index contributed by atoms with van der Waals surface area (Å²) in [5, 5.41) is 0. The molecule has 0 amide bonds. The van der Waals surface area contributed by atoms with E-state index in [4.69, 9.17) is 5.37 Å². The van der Waals surface area contributed by atoms with Crippen LogP contribution in [-0.2, 0) is 15.0 Å². The Labute approximate surface area is 102 Å². The van der Waals surface area contributed by atoms with Crippen LogP contribution in [0.5, 0.6) is 0 Å². The predicted molar refractivity (Wildman–Crippen MR) is 52.6 cm³/mol. The van der Waals surface area contributed by atoms with Crippen molar-refractivity contribution in [3.63, 3.8) is 0 Å². The van der Waals surface area contributed by atoms with Gasteiger partial charge in [-0.3, -0.25) is 0 Å². The third-order valence-corrected chi connectivity index (χ3v) is 6.39. The fraction of sp³-hybridized carbons (Fsp3) is 0.800. The van der Waals surface area contributed by atoms with Gasteiger partial charge in [-0.2, -0.15) is 0 Å². The molecule has 4 nitrogen and oxygen atoms in total. The zero-order chi connectivity index (χ0) is 11.3. The van der Waals surface area contributed by atoms with Crippen LogP contribution < -0.4 is 0 Å². The van der Waals surface area contributed by atoms with Crippen molar-refractivity contribution in [2.24, 2.45) is 16.7 Å². The minimum absolute atomic E-state index is 0.136. The summed E-state index contributed by atoms with van der Waals surface area (Å²) < 4.78 is 10.2. The Hall–Kier alpha value is -0.138. The van der Waals surface area contributed by atoms with E-state index in [1.54, 1.807) is 0 Å². The number of hydrogen-bond donors (Lipinski definition) is 0. The zero-order valence-corrected chi connectivity index (χ0v) is 13.0. The number of rotatable bonds is 0. The van der Waals surface area contributed by atoms with E-state index in [9.17, 15) is 9.59 Å². The molecule has 0 aromatic heterocycles. The van der Waals surface area contributed by atoms with Gasteiger partial charge in [-0.25, -0.2) is 0 Å². The van der Waals surface area contributed by atoms with E-state index in [0.29, 0.717) is 0 Å². The summed E-state index contributed by atoms with van der Waals surface area (Å²) in [6, 6.07) is 0. The first-order valence-corrected chi connectivity index (χ1v) is 8.24. The van der Waals surface area contributed by atoms with Crippen LogP contribution in [0.2, 0.25) is 0 Å². The van der Waals surface area contributed by atoms with Crippen LogP contribution >= 0.6 is 0 Å². The van der Waals surface area contributed by atoms with Gasteiger partial charge >= 0.3 is 102 Å². The van der Waals surface area contributed by atoms with Crippen molar-refractivity contribution in [2.45, 2.75) is 33.6 Å². The topological polar surface area (TPSA) is 52.6 Å². The zero-order valence-electron chi connectivity index (χ0n) is 9.12. The molecule has 2 radical (unpaired) electrons. The SMILES string of the molecule is CC12CCC(C(=O)[O][Pb][O]C1=O)C2(C)C. The summed E-state index contributed by atoms with van der Waals surface area (Å²) in [4.78, 5) is 23.6. The molecule has 1 aliphatic heterocycles.